The first-order chi connectivity index (χ1) is 8.83. The number of nitrogens with one attached hydrogen (secondary N) is 2. The van der Waals surface area contributed by atoms with Crippen molar-refractivity contribution in [3.8, 4) is 0 Å². The van der Waals surface area contributed by atoms with Gasteiger partial charge in [0.2, 0.25) is 0 Å². The fourth-order valence-electron chi connectivity index (χ4n) is 1.85. The summed E-state index contributed by atoms with van der Waals surface area (Å²) >= 11 is 0. The average Bonchev–Trinajstić information content (AvgIpc) is 2.40. The highest BCUT2D eigenvalue weighted by Gasteiger charge is 2.01. The van der Waals surface area contributed by atoms with Crippen LogP contribution in [-0.4, -0.2) is 24.4 Å². The summed E-state index contributed by atoms with van der Waals surface area (Å²) in [5, 5.41) is 16.1. The van der Waals surface area contributed by atoms with Crippen molar-refractivity contribution in [1.82, 2.24) is 10.6 Å². The smallest absolute Gasteiger partial charge is 0.104 e. The van der Waals surface area contributed by atoms with E-state index in [0.717, 1.165) is 32.5 Å². The van der Waals surface area contributed by atoms with Crippen molar-refractivity contribution in [1.29, 1.82) is 0 Å². The lowest BCUT2D eigenvalue weighted by atomic mass is 10.2. The van der Waals surface area contributed by atoms with Gasteiger partial charge in [-0.1, -0.05) is 50.1 Å². The largest absolute Gasteiger partial charge is 0.379 e. The highest BCUT2D eigenvalue weighted by Crippen LogP contribution is 2.00. The number of aliphatic hydroxyl groups is 1. The third-order valence-electron chi connectivity index (χ3n) is 2.93. The minimum atomic E-state index is -0.352. The van der Waals surface area contributed by atoms with Crippen molar-refractivity contribution in [2.45, 2.75) is 45.4 Å². The van der Waals surface area contributed by atoms with E-state index in [1.807, 2.05) is 18.2 Å². The SMILES string of the molecule is CCCCCC(O)NCCNCc1ccccc1. The molecule has 0 fully saturated rings. The van der Waals surface area contributed by atoms with E-state index in [1.54, 1.807) is 0 Å². The fourth-order valence-corrected chi connectivity index (χ4v) is 1.85. The molecule has 3 nitrogen and oxygen atoms in total. The maximum atomic E-state index is 9.65. The molecule has 0 saturated carbocycles. The molecular weight excluding hydrogens is 224 g/mol. The molecule has 3 heteroatoms. The van der Waals surface area contributed by atoms with Gasteiger partial charge in [-0.15, -0.1) is 0 Å². The van der Waals surface area contributed by atoms with Gasteiger partial charge in [-0.2, -0.15) is 0 Å². The topological polar surface area (TPSA) is 44.3 Å². The second-order valence-corrected chi connectivity index (χ2v) is 4.63. The molecule has 1 atom stereocenters. The van der Waals surface area contributed by atoms with Gasteiger partial charge in [0, 0.05) is 19.6 Å². The van der Waals surface area contributed by atoms with Crippen molar-refractivity contribution < 1.29 is 5.11 Å². The van der Waals surface area contributed by atoms with Gasteiger partial charge in [0.1, 0.15) is 6.23 Å². The van der Waals surface area contributed by atoms with Crippen molar-refractivity contribution >= 4 is 0 Å². The third kappa shape index (κ3) is 7.43. The Morgan fingerprint density at radius 3 is 2.61 bits per heavy atom. The minimum absolute atomic E-state index is 0.352. The van der Waals surface area contributed by atoms with Crippen LogP contribution in [0.5, 0.6) is 0 Å². The minimum Gasteiger partial charge on any atom is -0.379 e. The lowest BCUT2D eigenvalue weighted by Gasteiger charge is -2.12. The quantitative estimate of drug-likeness (QED) is 0.441. The molecule has 0 radical (unpaired) electrons. The highest BCUT2D eigenvalue weighted by atomic mass is 16.3. The Labute approximate surface area is 111 Å². The zero-order valence-corrected chi connectivity index (χ0v) is 11.4. The standard InChI is InChI=1S/C15H26N2O/c1-2-3-5-10-15(18)17-12-11-16-13-14-8-6-4-7-9-14/h4,6-9,15-18H,2-3,5,10-13H2,1H3. The van der Waals surface area contributed by atoms with Crippen LogP contribution in [0.4, 0.5) is 0 Å². The van der Waals surface area contributed by atoms with Crippen molar-refractivity contribution in [3.63, 3.8) is 0 Å². The van der Waals surface area contributed by atoms with E-state index >= 15 is 0 Å². The fraction of sp³-hybridized carbons (Fsp3) is 0.600. The van der Waals surface area contributed by atoms with Gasteiger partial charge in [-0.3, -0.25) is 5.32 Å². The Kier molecular flexibility index (Phi) is 8.47. The van der Waals surface area contributed by atoms with Gasteiger partial charge >= 0.3 is 0 Å². The van der Waals surface area contributed by atoms with E-state index in [4.69, 9.17) is 0 Å². The second kappa shape index (κ2) is 10.1. The third-order valence-corrected chi connectivity index (χ3v) is 2.93. The molecule has 0 amide bonds. The van der Waals surface area contributed by atoms with Gasteiger partial charge in [0.25, 0.3) is 0 Å². The lowest BCUT2D eigenvalue weighted by molar-refractivity contribution is 0.125. The molecule has 0 heterocycles. The van der Waals surface area contributed by atoms with Crippen LogP contribution in [0.1, 0.15) is 38.2 Å². The lowest BCUT2D eigenvalue weighted by Crippen LogP contribution is -2.34. The highest BCUT2D eigenvalue weighted by molar-refractivity contribution is 5.14. The molecule has 0 aromatic heterocycles. The van der Waals surface area contributed by atoms with Crippen LogP contribution in [-0.2, 0) is 6.54 Å². The Hall–Kier alpha value is -0.900. The van der Waals surface area contributed by atoms with Crippen LogP contribution in [0.2, 0.25) is 0 Å². The zero-order chi connectivity index (χ0) is 13.1. The van der Waals surface area contributed by atoms with Crippen molar-refractivity contribution in [2.24, 2.45) is 0 Å². The predicted molar refractivity (Wildman–Crippen MR) is 76.3 cm³/mol. The van der Waals surface area contributed by atoms with Crippen molar-refractivity contribution in [3.05, 3.63) is 35.9 Å². The molecule has 18 heavy (non-hydrogen) atoms. The van der Waals surface area contributed by atoms with Gasteiger partial charge < -0.3 is 10.4 Å². The number of aliphatic hydroxyl groups excluding tert-OH is 1. The molecule has 0 bridgehead atoms. The van der Waals surface area contributed by atoms with Crippen LogP contribution < -0.4 is 10.6 Å². The number of unbranched alkanes of at least 4 members (excludes halogenated alkanes) is 2. The molecule has 0 aliphatic rings. The molecule has 1 aromatic carbocycles. The Bertz CT molecular complexity index is 290. The van der Waals surface area contributed by atoms with E-state index < -0.39 is 0 Å². The van der Waals surface area contributed by atoms with E-state index in [9.17, 15) is 5.11 Å². The number of hydrogen-bond acceptors (Lipinski definition) is 3. The second-order valence-electron chi connectivity index (χ2n) is 4.63. The molecule has 102 valence electrons. The van der Waals surface area contributed by atoms with Gasteiger partial charge in [-0.05, 0) is 18.4 Å². The summed E-state index contributed by atoms with van der Waals surface area (Å²) in [4.78, 5) is 0. The van der Waals surface area contributed by atoms with E-state index in [2.05, 4.69) is 29.7 Å². The predicted octanol–water partition coefficient (Wildman–Crippen LogP) is 2.26. The first kappa shape index (κ1) is 15.2. The molecule has 0 spiro atoms. The molecule has 1 unspecified atom stereocenters. The number of benzene rings is 1. The number of rotatable bonds is 10. The summed E-state index contributed by atoms with van der Waals surface area (Å²) < 4.78 is 0. The van der Waals surface area contributed by atoms with E-state index in [-0.39, 0.29) is 6.23 Å². The molecule has 0 aliphatic carbocycles. The Morgan fingerprint density at radius 2 is 1.89 bits per heavy atom. The number of hydrogen-bond donors (Lipinski definition) is 3. The van der Waals surface area contributed by atoms with Crippen LogP contribution in [0.3, 0.4) is 0 Å². The molecule has 0 aliphatic heterocycles. The summed E-state index contributed by atoms with van der Waals surface area (Å²) in [6, 6.07) is 10.3. The zero-order valence-electron chi connectivity index (χ0n) is 11.4. The normalized spacial score (nSPS) is 12.6. The maximum Gasteiger partial charge on any atom is 0.104 e. The van der Waals surface area contributed by atoms with E-state index in [0.29, 0.717) is 0 Å². The Balaban J connectivity index is 1.95. The summed E-state index contributed by atoms with van der Waals surface area (Å²) in [6.07, 6.45) is 4.00. The van der Waals surface area contributed by atoms with Gasteiger partial charge in [-0.25, -0.2) is 0 Å². The summed E-state index contributed by atoms with van der Waals surface area (Å²) in [5.74, 6) is 0. The van der Waals surface area contributed by atoms with Crippen molar-refractivity contribution in [2.75, 3.05) is 13.1 Å². The summed E-state index contributed by atoms with van der Waals surface area (Å²) in [6.45, 7) is 4.74. The monoisotopic (exact) mass is 250 g/mol. The molecular formula is C15H26N2O. The van der Waals surface area contributed by atoms with Crippen LogP contribution >= 0.6 is 0 Å². The molecule has 1 aromatic rings. The van der Waals surface area contributed by atoms with Crippen LogP contribution in [0.15, 0.2) is 30.3 Å². The first-order valence-corrected chi connectivity index (χ1v) is 6.99. The van der Waals surface area contributed by atoms with Crippen LogP contribution in [0, 0.1) is 0 Å². The molecule has 3 N–H and O–H groups in total. The molecule has 1 rings (SSSR count). The van der Waals surface area contributed by atoms with E-state index in [1.165, 1.54) is 18.4 Å². The summed E-state index contributed by atoms with van der Waals surface area (Å²) in [7, 11) is 0. The Morgan fingerprint density at radius 1 is 1.11 bits per heavy atom. The van der Waals surface area contributed by atoms with Gasteiger partial charge in [0.15, 0.2) is 0 Å². The van der Waals surface area contributed by atoms with Gasteiger partial charge in [0.05, 0.1) is 0 Å². The average molecular weight is 250 g/mol. The van der Waals surface area contributed by atoms with Crippen LogP contribution in [0.25, 0.3) is 0 Å². The molecule has 0 saturated heterocycles. The summed E-state index contributed by atoms with van der Waals surface area (Å²) in [5.41, 5.74) is 1.29. The maximum absolute atomic E-state index is 9.65. The first-order valence-electron chi connectivity index (χ1n) is 6.99.